The standard InChI is InChI=1S/C23H24N4O4/c1-3-5-25-17-8-14(24)7-12-6-13-10-27-18(20(13)26-19(12)17)9-16-15(21(27)28)11-31-22(29)23(16,30)4-2/h6-9,25,30H,3-5,10-11,24H2,1-2H3/t23-/m0/s1. The van der Waals surface area contributed by atoms with Gasteiger partial charge in [0, 0.05) is 28.7 Å². The smallest absolute Gasteiger partial charge is 0.343 e. The third-order valence-electron chi connectivity index (χ3n) is 6.20. The number of aromatic nitrogens is 2. The summed E-state index contributed by atoms with van der Waals surface area (Å²) >= 11 is 0. The predicted molar refractivity (Wildman–Crippen MR) is 118 cm³/mol. The molecule has 0 aliphatic carbocycles. The van der Waals surface area contributed by atoms with E-state index in [9.17, 15) is 14.7 Å². The van der Waals surface area contributed by atoms with Crippen LogP contribution in [-0.2, 0) is 28.3 Å². The third-order valence-corrected chi connectivity index (χ3v) is 6.20. The number of ether oxygens (including phenoxy) is 1. The Labute approximate surface area is 178 Å². The molecular weight excluding hydrogens is 396 g/mol. The molecule has 3 aromatic rings. The molecule has 1 atom stereocenters. The Balaban J connectivity index is 1.75. The van der Waals surface area contributed by atoms with Crippen LogP contribution < -0.4 is 16.6 Å². The van der Waals surface area contributed by atoms with Gasteiger partial charge in [-0.1, -0.05) is 13.8 Å². The topological polar surface area (TPSA) is 119 Å². The van der Waals surface area contributed by atoms with Gasteiger partial charge in [-0.15, -0.1) is 0 Å². The molecule has 2 aliphatic heterocycles. The summed E-state index contributed by atoms with van der Waals surface area (Å²) in [5.41, 5.74) is 9.05. The molecule has 0 saturated heterocycles. The van der Waals surface area contributed by atoms with Crippen LogP contribution in [-0.4, -0.2) is 27.2 Å². The molecular formula is C23H24N4O4. The van der Waals surface area contributed by atoms with E-state index in [4.69, 9.17) is 15.5 Å². The molecule has 0 fully saturated rings. The second kappa shape index (κ2) is 6.81. The van der Waals surface area contributed by atoms with Gasteiger partial charge in [0.25, 0.3) is 5.56 Å². The maximum absolute atomic E-state index is 13.2. The molecule has 2 aromatic heterocycles. The average Bonchev–Trinajstić information content (AvgIpc) is 3.11. The lowest BCUT2D eigenvalue weighted by molar-refractivity contribution is -0.172. The zero-order valence-electron chi connectivity index (χ0n) is 17.5. The molecule has 2 aliphatic rings. The highest BCUT2D eigenvalue weighted by atomic mass is 16.6. The van der Waals surface area contributed by atoms with Crippen LogP contribution in [0.3, 0.4) is 0 Å². The summed E-state index contributed by atoms with van der Waals surface area (Å²) in [5, 5.41) is 15.2. The van der Waals surface area contributed by atoms with E-state index in [0.29, 0.717) is 34.7 Å². The normalized spacial score (nSPS) is 19.0. The van der Waals surface area contributed by atoms with Crippen LogP contribution in [0.5, 0.6) is 0 Å². The number of benzene rings is 1. The second-order valence-corrected chi connectivity index (χ2v) is 8.17. The monoisotopic (exact) mass is 420 g/mol. The first-order valence-electron chi connectivity index (χ1n) is 10.5. The molecule has 4 heterocycles. The number of nitrogens with zero attached hydrogens (tertiary/aromatic N) is 2. The predicted octanol–water partition coefficient (Wildman–Crippen LogP) is 2.48. The van der Waals surface area contributed by atoms with E-state index in [1.807, 2.05) is 18.2 Å². The number of fused-ring (bicyclic) bond motifs is 5. The Morgan fingerprint density at radius 1 is 1.26 bits per heavy atom. The van der Waals surface area contributed by atoms with Gasteiger partial charge in [-0.25, -0.2) is 9.78 Å². The fourth-order valence-electron chi connectivity index (χ4n) is 4.51. The first-order chi connectivity index (χ1) is 14.9. The molecule has 4 N–H and O–H groups in total. The van der Waals surface area contributed by atoms with Gasteiger partial charge in [0.2, 0.25) is 0 Å². The fraction of sp³-hybridized carbons (Fsp3) is 0.348. The van der Waals surface area contributed by atoms with Crippen molar-refractivity contribution in [3.63, 3.8) is 0 Å². The maximum atomic E-state index is 13.2. The second-order valence-electron chi connectivity index (χ2n) is 8.17. The number of nitrogen functional groups attached to an aromatic ring is 1. The summed E-state index contributed by atoms with van der Waals surface area (Å²) in [6, 6.07) is 7.46. The quantitative estimate of drug-likeness (QED) is 0.343. The third kappa shape index (κ3) is 2.75. The molecule has 31 heavy (non-hydrogen) atoms. The van der Waals surface area contributed by atoms with Crippen molar-refractivity contribution in [1.29, 1.82) is 0 Å². The van der Waals surface area contributed by atoms with Crippen LogP contribution in [0.4, 0.5) is 11.4 Å². The number of hydrogen-bond acceptors (Lipinski definition) is 7. The number of carbonyl (C=O) groups excluding carboxylic acids is 1. The number of anilines is 2. The first kappa shape index (κ1) is 19.6. The number of carbonyl (C=O) groups is 1. The van der Waals surface area contributed by atoms with Crippen molar-refractivity contribution in [3.8, 4) is 11.4 Å². The van der Waals surface area contributed by atoms with Crippen LogP contribution >= 0.6 is 0 Å². The van der Waals surface area contributed by atoms with E-state index in [0.717, 1.165) is 35.1 Å². The summed E-state index contributed by atoms with van der Waals surface area (Å²) in [7, 11) is 0. The molecule has 0 bridgehead atoms. The molecule has 0 unspecified atom stereocenters. The number of nitrogens with one attached hydrogen (secondary N) is 1. The number of aliphatic hydroxyl groups is 1. The van der Waals surface area contributed by atoms with Gasteiger partial charge in [0.05, 0.1) is 34.7 Å². The Hall–Kier alpha value is -3.39. The van der Waals surface area contributed by atoms with Gasteiger partial charge in [-0.05, 0) is 37.1 Å². The van der Waals surface area contributed by atoms with Crippen LogP contribution in [0.2, 0.25) is 0 Å². The van der Waals surface area contributed by atoms with Crippen molar-refractivity contribution < 1.29 is 14.6 Å². The van der Waals surface area contributed by atoms with E-state index < -0.39 is 11.6 Å². The zero-order valence-corrected chi connectivity index (χ0v) is 17.5. The van der Waals surface area contributed by atoms with Gasteiger partial charge in [-0.3, -0.25) is 4.79 Å². The molecule has 8 heteroatoms. The SMILES string of the molecule is CCCNc1cc(N)cc2cc3c(nc12)-c1cc2c(c(=O)n1C3)COC(=O)[C@]2(O)CC. The molecule has 160 valence electrons. The maximum Gasteiger partial charge on any atom is 0.343 e. The first-order valence-corrected chi connectivity index (χ1v) is 10.5. The number of rotatable bonds is 4. The Bertz CT molecular complexity index is 1310. The lowest BCUT2D eigenvalue weighted by Gasteiger charge is -2.31. The molecule has 5 rings (SSSR count). The van der Waals surface area contributed by atoms with Crippen molar-refractivity contribution in [2.45, 2.75) is 45.4 Å². The fourth-order valence-corrected chi connectivity index (χ4v) is 4.51. The average molecular weight is 420 g/mol. The number of cyclic esters (lactones) is 1. The van der Waals surface area contributed by atoms with Crippen LogP contribution in [0.25, 0.3) is 22.3 Å². The van der Waals surface area contributed by atoms with E-state index in [2.05, 4.69) is 12.2 Å². The van der Waals surface area contributed by atoms with Crippen molar-refractivity contribution in [2.75, 3.05) is 17.6 Å². The van der Waals surface area contributed by atoms with Gasteiger partial charge in [-0.2, -0.15) is 0 Å². The molecule has 1 aromatic carbocycles. The highest BCUT2D eigenvalue weighted by molar-refractivity contribution is 5.96. The number of pyridine rings is 2. The van der Waals surface area contributed by atoms with Crippen molar-refractivity contribution in [3.05, 3.63) is 51.3 Å². The minimum Gasteiger partial charge on any atom is -0.458 e. The summed E-state index contributed by atoms with van der Waals surface area (Å²) in [6.07, 6.45) is 1.07. The summed E-state index contributed by atoms with van der Waals surface area (Å²) in [4.78, 5) is 30.4. The molecule has 8 nitrogen and oxygen atoms in total. The Morgan fingerprint density at radius 2 is 2.06 bits per heavy atom. The van der Waals surface area contributed by atoms with E-state index in [1.165, 1.54) is 0 Å². The molecule has 0 saturated carbocycles. The lowest BCUT2D eigenvalue weighted by atomic mass is 9.86. The number of hydrogen-bond donors (Lipinski definition) is 3. The summed E-state index contributed by atoms with van der Waals surface area (Å²) in [6.45, 7) is 4.79. The lowest BCUT2D eigenvalue weighted by Crippen LogP contribution is -2.44. The van der Waals surface area contributed by atoms with Gasteiger partial charge in [0.1, 0.15) is 6.61 Å². The molecule has 0 amide bonds. The molecule has 0 radical (unpaired) electrons. The van der Waals surface area contributed by atoms with E-state index in [1.54, 1.807) is 17.6 Å². The minimum absolute atomic E-state index is 0.115. The van der Waals surface area contributed by atoms with Crippen LogP contribution in [0.1, 0.15) is 43.4 Å². The van der Waals surface area contributed by atoms with Crippen molar-refractivity contribution >= 4 is 28.2 Å². The van der Waals surface area contributed by atoms with E-state index >= 15 is 0 Å². The van der Waals surface area contributed by atoms with E-state index in [-0.39, 0.29) is 18.6 Å². The largest absolute Gasteiger partial charge is 0.458 e. The van der Waals surface area contributed by atoms with Gasteiger partial charge >= 0.3 is 5.97 Å². The van der Waals surface area contributed by atoms with Gasteiger partial charge < -0.3 is 25.5 Å². The number of nitrogens with two attached hydrogens (primary N) is 1. The van der Waals surface area contributed by atoms with Crippen LogP contribution in [0.15, 0.2) is 29.1 Å². The zero-order chi connectivity index (χ0) is 21.9. The van der Waals surface area contributed by atoms with Crippen molar-refractivity contribution in [2.24, 2.45) is 0 Å². The Kier molecular flexibility index (Phi) is 4.30. The minimum atomic E-state index is -1.83. The highest BCUT2D eigenvalue weighted by Crippen LogP contribution is 2.39. The highest BCUT2D eigenvalue weighted by Gasteiger charge is 2.45. The summed E-state index contributed by atoms with van der Waals surface area (Å²) in [5.74, 6) is -0.724. The van der Waals surface area contributed by atoms with Gasteiger partial charge in [0.15, 0.2) is 5.60 Å². The summed E-state index contributed by atoms with van der Waals surface area (Å²) < 4.78 is 6.75. The Morgan fingerprint density at radius 3 is 2.81 bits per heavy atom. The van der Waals surface area contributed by atoms with Crippen molar-refractivity contribution in [1.82, 2.24) is 9.55 Å². The molecule has 0 spiro atoms. The number of esters is 1. The van der Waals surface area contributed by atoms with Crippen LogP contribution in [0, 0.1) is 0 Å².